The summed E-state index contributed by atoms with van der Waals surface area (Å²) in [5, 5.41) is 12.6. The summed E-state index contributed by atoms with van der Waals surface area (Å²) in [5.41, 5.74) is 0.392. The highest BCUT2D eigenvalue weighted by Crippen LogP contribution is 2.08. The zero-order valence-electron chi connectivity index (χ0n) is 12.5. The van der Waals surface area contributed by atoms with E-state index >= 15 is 0 Å². The van der Waals surface area contributed by atoms with Gasteiger partial charge >= 0.3 is 0 Å². The number of carbonyl (C=O) groups is 1. The summed E-state index contributed by atoms with van der Waals surface area (Å²) in [4.78, 5) is 24.5. The van der Waals surface area contributed by atoms with E-state index in [1.54, 1.807) is 6.92 Å². The van der Waals surface area contributed by atoms with Gasteiger partial charge in [0.25, 0.3) is 5.91 Å². The Morgan fingerprint density at radius 1 is 1.24 bits per heavy atom. The number of aromatic amines is 1. The number of rotatable bonds is 5. The van der Waals surface area contributed by atoms with Crippen molar-refractivity contribution >= 4 is 11.9 Å². The maximum atomic E-state index is 12.1. The second-order valence-corrected chi connectivity index (χ2v) is 5.07. The molecule has 1 atom stereocenters. The average molecular weight is 289 g/mol. The quantitative estimate of drug-likeness (QED) is 0.763. The van der Waals surface area contributed by atoms with Crippen LogP contribution in [0.5, 0.6) is 0 Å². The molecule has 21 heavy (non-hydrogen) atoms. The number of nitrogens with zero attached hydrogens (tertiary/aromatic N) is 4. The zero-order chi connectivity index (χ0) is 15.4. The van der Waals surface area contributed by atoms with Crippen LogP contribution in [-0.2, 0) is 0 Å². The largest absolute Gasteiger partial charge is 0.352 e. The molecule has 0 aliphatic carbocycles. The molecule has 0 fully saturated rings. The van der Waals surface area contributed by atoms with Gasteiger partial charge in [0.2, 0.25) is 5.95 Å². The number of aryl methyl sites for hydroxylation is 1. The monoisotopic (exact) mass is 289 g/mol. The molecule has 1 unspecified atom stereocenters. The Morgan fingerprint density at radius 3 is 2.43 bits per heavy atom. The van der Waals surface area contributed by atoms with Crippen molar-refractivity contribution in [1.82, 2.24) is 30.5 Å². The molecule has 2 aromatic rings. The second kappa shape index (κ2) is 6.29. The van der Waals surface area contributed by atoms with Gasteiger partial charge in [-0.3, -0.25) is 9.89 Å². The third-order valence-electron chi connectivity index (χ3n) is 2.68. The van der Waals surface area contributed by atoms with E-state index in [-0.39, 0.29) is 18.0 Å². The Labute approximate surface area is 122 Å². The first kappa shape index (κ1) is 14.9. The Morgan fingerprint density at radius 2 is 1.90 bits per heavy atom. The second-order valence-electron chi connectivity index (χ2n) is 5.07. The standard InChI is InChI=1S/C13H19N7O/c1-7(2)16-13-14-5-10(6-15-13)12(21)17-8(3)11-18-9(4)19-20-11/h5-8H,1-4H3,(H,17,21)(H,14,15,16)(H,18,19,20). The van der Waals surface area contributed by atoms with Crippen molar-refractivity contribution < 1.29 is 4.79 Å². The lowest BCUT2D eigenvalue weighted by Crippen LogP contribution is -2.27. The molecule has 1 amide bonds. The van der Waals surface area contributed by atoms with Crippen LogP contribution in [0.25, 0.3) is 0 Å². The summed E-state index contributed by atoms with van der Waals surface area (Å²) < 4.78 is 0. The van der Waals surface area contributed by atoms with Gasteiger partial charge < -0.3 is 10.6 Å². The topological polar surface area (TPSA) is 108 Å². The number of aromatic nitrogens is 5. The fourth-order valence-electron chi connectivity index (χ4n) is 1.68. The van der Waals surface area contributed by atoms with Gasteiger partial charge in [-0.2, -0.15) is 5.10 Å². The number of carbonyl (C=O) groups excluding carboxylic acids is 1. The van der Waals surface area contributed by atoms with Crippen LogP contribution in [0.4, 0.5) is 5.95 Å². The smallest absolute Gasteiger partial charge is 0.255 e. The van der Waals surface area contributed by atoms with Crippen LogP contribution in [0, 0.1) is 6.92 Å². The summed E-state index contributed by atoms with van der Waals surface area (Å²) in [6.07, 6.45) is 2.98. The summed E-state index contributed by atoms with van der Waals surface area (Å²) >= 11 is 0. The van der Waals surface area contributed by atoms with Crippen molar-refractivity contribution in [3.63, 3.8) is 0 Å². The average Bonchev–Trinajstić information content (AvgIpc) is 2.85. The third kappa shape index (κ3) is 3.98. The molecule has 0 radical (unpaired) electrons. The van der Waals surface area contributed by atoms with Crippen LogP contribution >= 0.6 is 0 Å². The molecule has 112 valence electrons. The lowest BCUT2D eigenvalue weighted by molar-refractivity contribution is 0.0937. The lowest BCUT2D eigenvalue weighted by atomic mass is 10.2. The maximum absolute atomic E-state index is 12.1. The van der Waals surface area contributed by atoms with Crippen molar-refractivity contribution in [3.8, 4) is 0 Å². The molecule has 0 saturated carbocycles. The predicted octanol–water partition coefficient (Wildman–Crippen LogP) is 1.21. The Bertz CT molecular complexity index is 605. The Balaban J connectivity index is 1.99. The van der Waals surface area contributed by atoms with Gasteiger partial charge in [0, 0.05) is 18.4 Å². The van der Waals surface area contributed by atoms with E-state index in [1.165, 1.54) is 12.4 Å². The van der Waals surface area contributed by atoms with Crippen LogP contribution in [0.1, 0.15) is 48.8 Å². The summed E-state index contributed by atoms with van der Waals surface area (Å²) in [5.74, 6) is 1.48. The van der Waals surface area contributed by atoms with E-state index in [1.807, 2.05) is 20.8 Å². The van der Waals surface area contributed by atoms with Crippen LogP contribution in [0.3, 0.4) is 0 Å². The maximum Gasteiger partial charge on any atom is 0.255 e. The summed E-state index contributed by atoms with van der Waals surface area (Å²) in [6, 6.07) is -0.0606. The van der Waals surface area contributed by atoms with Gasteiger partial charge in [-0.25, -0.2) is 15.0 Å². The molecule has 2 heterocycles. The predicted molar refractivity (Wildman–Crippen MR) is 77.8 cm³/mol. The number of hydrogen-bond acceptors (Lipinski definition) is 6. The molecule has 0 aliphatic rings. The molecule has 8 heteroatoms. The molecule has 0 bridgehead atoms. The van der Waals surface area contributed by atoms with Crippen molar-refractivity contribution in [2.24, 2.45) is 0 Å². The zero-order valence-corrected chi connectivity index (χ0v) is 12.5. The van der Waals surface area contributed by atoms with E-state index in [0.29, 0.717) is 23.2 Å². The molecule has 0 aliphatic heterocycles. The van der Waals surface area contributed by atoms with E-state index in [9.17, 15) is 4.79 Å². The van der Waals surface area contributed by atoms with Crippen molar-refractivity contribution in [2.75, 3.05) is 5.32 Å². The Hall–Kier alpha value is -2.51. The molecular weight excluding hydrogens is 270 g/mol. The summed E-state index contributed by atoms with van der Waals surface area (Å²) in [6.45, 7) is 7.60. The minimum absolute atomic E-state index is 0.235. The Kier molecular flexibility index (Phi) is 4.46. The van der Waals surface area contributed by atoms with Crippen LogP contribution in [0.15, 0.2) is 12.4 Å². The molecule has 2 rings (SSSR count). The highest BCUT2D eigenvalue weighted by Gasteiger charge is 2.15. The van der Waals surface area contributed by atoms with E-state index in [2.05, 4.69) is 35.8 Å². The van der Waals surface area contributed by atoms with Crippen LogP contribution in [0.2, 0.25) is 0 Å². The van der Waals surface area contributed by atoms with Crippen LogP contribution < -0.4 is 10.6 Å². The van der Waals surface area contributed by atoms with Crippen LogP contribution in [-0.4, -0.2) is 37.1 Å². The minimum atomic E-state index is -0.295. The first-order valence-corrected chi connectivity index (χ1v) is 6.74. The van der Waals surface area contributed by atoms with Crippen molar-refractivity contribution in [2.45, 2.75) is 39.8 Å². The normalized spacial score (nSPS) is 12.2. The van der Waals surface area contributed by atoms with Crippen molar-refractivity contribution in [1.29, 1.82) is 0 Å². The number of amides is 1. The van der Waals surface area contributed by atoms with Gasteiger partial charge in [0.05, 0.1) is 11.6 Å². The van der Waals surface area contributed by atoms with E-state index < -0.39 is 0 Å². The van der Waals surface area contributed by atoms with E-state index in [4.69, 9.17) is 0 Å². The molecule has 3 N–H and O–H groups in total. The number of nitrogens with one attached hydrogen (secondary N) is 3. The van der Waals surface area contributed by atoms with Gasteiger partial charge in [0.15, 0.2) is 5.82 Å². The molecular formula is C13H19N7O. The first-order chi connectivity index (χ1) is 9.95. The molecule has 0 spiro atoms. The number of hydrogen-bond donors (Lipinski definition) is 3. The highest BCUT2D eigenvalue weighted by molar-refractivity contribution is 5.93. The first-order valence-electron chi connectivity index (χ1n) is 6.74. The summed E-state index contributed by atoms with van der Waals surface area (Å²) in [7, 11) is 0. The molecule has 2 aromatic heterocycles. The fourth-order valence-corrected chi connectivity index (χ4v) is 1.68. The van der Waals surface area contributed by atoms with Gasteiger partial charge in [0.1, 0.15) is 5.82 Å². The molecule has 0 saturated heterocycles. The van der Waals surface area contributed by atoms with Gasteiger partial charge in [-0.15, -0.1) is 0 Å². The molecule has 8 nitrogen and oxygen atoms in total. The third-order valence-corrected chi connectivity index (χ3v) is 2.68. The number of anilines is 1. The van der Waals surface area contributed by atoms with Gasteiger partial charge in [-0.05, 0) is 27.7 Å². The number of H-pyrrole nitrogens is 1. The van der Waals surface area contributed by atoms with E-state index in [0.717, 1.165) is 0 Å². The SMILES string of the molecule is Cc1nc(C(C)NC(=O)c2cnc(NC(C)C)nc2)n[nH]1. The minimum Gasteiger partial charge on any atom is -0.352 e. The van der Waals surface area contributed by atoms with Crippen molar-refractivity contribution in [3.05, 3.63) is 29.6 Å². The molecule has 0 aromatic carbocycles. The van der Waals surface area contributed by atoms with Gasteiger partial charge in [-0.1, -0.05) is 0 Å². The fraction of sp³-hybridized carbons (Fsp3) is 0.462. The lowest BCUT2D eigenvalue weighted by Gasteiger charge is -2.11. The highest BCUT2D eigenvalue weighted by atomic mass is 16.1.